The molecule has 2 fully saturated rings. The highest BCUT2D eigenvalue weighted by molar-refractivity contribution is 4.74. The Morgan fingerprint density at radius 3 is 2.67 bits per heavy atom. The molecule has 2 rings (SSSR count). The number of hydrogen-bond donors (Lipinski definition) is 1. The molecule has 1 atom stereocenters. The van der Waals surface area contributed by atoms with Gasteiger partial charge < -0.3 is 15.1 Å². The highest BCUT2D eigenvalue weighted by atomic mass is 15.3. The highest BCUT2D eigenvalue weighted by Crippen LogP contribution is 2.10. The fourth-order valence-corrected chi connectivity index (χ4v) is 3.00. The average Bonchev–Trinajstić information content (AvgIpc) is 2.39. The molecule has 1 N–H and O–H groups in total. The molecule has 0 aromatic heterocycles. The van der Waals surface area contributed by atoms with E-state index in [0.29, 0.717) is 0 Å². The maximum atomic E-state index is 3.51. The molecule has 18 heavy (non-hydrogen) atoms. The molecule has 0 aliphatic carbocycles. The van der Waals surface area contributed by atoms with Crippen molar-refractivity contribution in [2.75, 3.05) is 73.0 Å². The Labute approximate surface area is 112 Å². The Morgan fingerprint density at radius 2 is 2.00 bits per heavy atom. The minimum atomic E-state index is 0.872. The predicted molar refractivity (Wildman–Crippen MR) is 77.0 cm³/mol. The summed E-state index contributed by atoms with van der Waals surface area (Å²) in [7, 11) is 4.50. The number of piperazine rings is 1. The molecule has 0 bridgehead atoms. The second kappa shape index (κ2) is 7.43. The number of likely N-dealkylation sites (N-methyl/N-ethyl adjacent to an activating group) is 2. The van der Waals surface area contributed by atoms with Crippen LogP contribution in [0.25, 0.3) is 0 Å². The van der Waals surface area contributed by atoms with E-state index in [4.69, 9.17) is 0 Å². The zero-order valence-corrected chi connectivity index (χ0v) is 12.2. The van der Waals surface area contributed by atoms with Gasteiger partial charge in [-0.15, -0.1) is 0 Å². The van der Waals surface area contributed by atoms with E-state index in [1.165, 1.54) is 71.7 Å². The second-order valence-electron chi connectivity index (χ2n) is 6.12. The maximum absolute atomic E-state index is 3.51. The lowest BCUT2D eigenvalue weighted by molar-refractivity contribution is 0.135. The Morgan fingerprint density at radius 1 is 1.22 bits per heavy atom. The van der Waals surface area contributed by atoms with Gasteiger partial charge in [0.05, 0.1) is 0 Å². The molecule has 1 unspecified atom stereocenters. The van der Waals surface area contributed by atoms with Crippen LogP contribution in [0.3, 0.4) is 0 Å². The first-order chi connectivity index (χ1) is 8.74. The molecular formula is C14H30N4. The molecular weight excluding hydrogens is 224 g/mol. The third-order valence-electron chi connectivity index (χ3n) is 4.36. The Bertz CT molecular complexity index is 220. The first-order valence-corrected chi connectivity index (χ1v) is 7.54. The van der Waals surface area contributed by atoms with Crippen molar-refractivity contribution in [1.82, 2.24) is 20.0 Å². The number of nitrogens with zero attached hydrogens (tertiary/aromatic N) is 3. The van der Waals surface area contributed by atoms with Crippen molar-refractivity contribution in [3.8, 4) is 0 Å². The molecule has 4 heteroatoms. The number of nitrogens with one attached hydrogen (secondary N) is 1. The lowest BCUT2D eigenvalue weighted by Crippen LogP contribution is -2.47. The fourth-order valence-electron chi connectivity index (χ4n) is 3.00. The van der Waals surface area contributed by atoms with Crippen LogP contribution in [0.1, 0.15) is 12.8 Å². The molecule has 4 nitrogen and oxygen atoms in total. The molecule has 0 spiro atoms. The zero-order chi connectivity index (χ0) is 12.8. The van der Waals surface area contributed by atoms with Gasteiger partial charge in [0.2, 0.25) is 0 Å². The summed E-state index contributed by atoms with van der Waals surface area (Å²) in [6.07, 6.45) is 2.77. The predicted octanol–water partition coefficient (Wildman–Crippen LogP) is 0.165. The highest BCUT2D eigenvalue weighted by Gasteiger charge is 2.17. The third-order valence-corrected chi connectivity index (χ3v) is 4.36. The van der Waals surface area contributed by atoms with Crippen LogP contribution in [-0.4, -0.2) is 87.7 Å². The second-order valence-corrected chi connectivity index (χ2v) is 6.12. The van der Waals surface area contributed by atoms with Crippen molar-refractivity contribution in [3.63, 3.8) is 0 Å². The van der Waals surface area contributed by atoms with E-state index < -0.39 is 0 Å². The van der Waals surface area contributed by atoms with Gasteiger partial charge in [-0.25, -0.2) is 0 Å². The molecule has 2 saturated heterocycles. The molecule has 0 radical (unpaired) electrons. The van der Waals surface area contributed by atoms with Crippen LogP contribution < -0.4 is 5.32 Å². The molecule has 2 heterocycles. The van der Waals surface area contributed by atoms with Crippen molar-refractivity contribution < 1.29 is 0 Å². The first-order valence-electron chi connectivity index (χ1n) is 7.54. The monoisotopic (exact) mass is 254 g/mol. The molecule has 2 aliphatic heterocycles. The van der Waals surface area contributed by atoms with E-state index in [0.717, 1.165) is 5.92 Å². The molecule has 0 aromatic rings. The van der Waals surface area contributed by atoms with Gasteiger partial charge in [0.1, 0.15) is 0 Å². The third kappa shape index (κ3) is 4.84. The molecule has 0 aromatic carbocycles. The van der Waals surface area contributed by atoms with Crippen molar-refractivity contribution >= 4 is 0 Å². The van der Waals surface area contributed by atoms with Gasteiger partial charge in [-0.1, -0.05) is 0 Å². The molecule has 0 amide bonds. The first kappa shape index (κ1) is 14.3. The van der Waals surface area contributed by atoms with Crippen LogP contribution in [-0.2, 0) is 0 Å². The lowest BCUT2D eigenvalue weighted by atomic mass is 9.99. The number of piperidine rings is 1. The van der Waals surface area contributed by atoms with Crippen molar-refractivity contribution in [2.24, 2.45) is 5.92 Å². The summed E-state index contributed by atoms with van der Waals surface area (Å²) >= 11 is 0. The van der Waals surface area contributed by atoms with E-state index in [1.54, 1.807) is 0 Å². The van der Waals surface area contributed by atoms with Crippen molar-refractivity contribution in [1.29, 1.82) is 0 Å². The van der Waals surface area contributed by atoms with E-state index in [-0.39, 0.29) is 0 Å². The summed E-state index contributed by atoms with van der Waals surface area (Å²) in [6.45, 7) is 11.1. The van der Waals surface area contributed by atoms with E-state index in [1.807, 2.05) is 0 Å². The quantitative estimate of drug-likeness (QED) is 0.755. The SMILES string of the molecule is CN1CCN(CCN(C)CC2CCCNC2)CC1. The molecule has 2 aliphatic rings. The van der Waals surface area contributed by atoms with Crippen LogP contribution in [0.4, 0.5) is 0 Å². The van der Waals surface area contributed by atoms with Gasteiger partial charge in [0.25, 0.3) is 0 Å². The van der Waals surface area contributed by atoms with Gasteiger partial charge in [0, 0.05) is 45.8 Å². The van der Waals surface area contributed by atoms with Gasteiger partial charge in [-0.3, -0.25) is 4.90 Å². The fraction of sp³-hybridized carbons (Fsp3) is 1.00. The summed E-state index contributed by atoms with van der Waals surface area (Å²) in [5.41, 5.74) is 0. The summed E-state index contributed by atoms with van der Waals surface area (Å²) in [4.78, 5) is 7.56. The summed E-state index contributed by atoms with van der Waals surface area (Å²) in [6, 6.07) is 0. The van der Waals surface area contributed by atoms with E-state index in [2.05, 4.69) is 34.1 Å². The van der Waals surface area contributed by atoms with Crippen LogP contribution in [0.2, 0.25) is 0 Å². The Balaban J connectivity index is 1.57. The van der Waals surface area contributed by atoms with Gasteiger partial charge >= 0.3 is 0 Å². The number of hydrogen-bond acceptors (Lipinski definition) is 4. The smallest absolute Gasteiger partial charge is 0.0110 e. The molecule has 0 saturated carbocycles. The normalized spacial score (nSPS) is 27.8. The van der Waals surface area contributed by atoms with Crippen molar-refractivity contribution in [2.45, 2.75) is 12.8 Å². The zero-order valence-electron chi connectivity index (χ0n) is 12.2. The van der Waals surface area contributed by atoms with E-state index in [9.17, 15) is 0 Å². The Hall–Kier alpha value is -0.160. The van der Waals surface area contributed by atoms with Crippen LogP contribution in [0.15, 0.2) is 0 Å². The summed E-state index contributed by atoms with van der Waals surface area (Å²) in [5.74, 6) is 0.872. The lowest BCUT2D eigenvalue weighted by Gasteiger charge is -2.34. The van der Waals surface area contributed by atoms with Crippen LogP contribution in [0.5, 0.6) is 0 Å². The minimum absolute atomic E-state index is 0.872. The summed E-state index contributed by atoms with van der Waals surface area (Å²) in [5, 5.41) is 3.51. The topological polar surface area (TPSA) is 21.8 Å². The van der Waals surface area contributed by atoms with Gasteiger partial charge in [-0.2, -0.15) is 0 Å². The van der Waals surface area contributed by atoms with Crippen LogP contribution >= 0.6 is 0 Å². The minimum Gasteiger partial charge on any atom is -0.316 e. The number of rotatable bonds is 5. The van der Waals surface area contributed by atoms with Gasteiger partial charge in [-0.05, 0) is 45.9 Å². The average molecular weight is 254 g/mol. The molecule has 106 valence electrons. The standard InChI is InChI=1S/C14H30N4/c1-16-6-9-18(10-7-16)11-8-17(2)13-14-4-3-5-15-12-14/h14-15H,3-13H2,1-2H3. The summed E-state index contributed by atoms with van der Waals surface area (Å²) < 4.78 is 0. The maximum Gasteiger partial charge on any atom is 0.0110 e. The van der Waals surface area contributed by atoms with Crippen LogP contribution in [0, 0.1) is 5.92 Å². The largest absolute Gasteiger partial charge is 0.316 e. The Kier molecular flexibility index (Phi) is 5.89. The van der Waals surface area contributed by atoms with Gasteiger partial charge in [0.15, 0.2) is 0 Å². The van der Waals surface area contributed by atoms with E-state index >= 15 is 0 Å². The van der Waals surface area contributed by atoms with Crippen molar-refractivity contribution in [3.05, 3.63) is 0 Å².